The van der Waals surface area contributed by atoms with Crippen LogP contribution in [-0.4, -0.2) is 29.4 Å². The average Bonchev–Trinajstić information content (AvgIpc) is 3.31. The molecule has 1 N–H and O–H groups in total. The molecule has 1 saturated carbocycles. The predicted octanol–water partition coefficient (Wildman–Crippen LogP) is 5.22. The van der Waals surface area contributed by atoms with Crippen molar-refractivity contribution in [3.8, 4) is 17.2 Å². The Balaban J connectivity index is 1.29. The Morgan fingerprint density at radius 2 is 2.19 bits per heavy atom. The zero-order chi connectivity index (χ0) is 21.8. The molecule has 4 rings (SSSR count). The summed E-state index contributed by atoms with van der Waals surface area (Å²) in [6.07, 6.45) is 6.68. The number of carbonyl (C=O) groups is 1. The van der Waals surface area contributed by atoms with Crippen LogP contribution >= 0.6 is 11.8 Å². The van der Waals surface area contributed by atoms with Gasteiger partial charge in [-0.15, -0.1) is 0 Å². The quantitative estimate of drug-likeness (QED) is 0.604. The maximum Gasteiger partial charge on any atom is 0.238 e. The maximum atomic E-state index is 11.9. The molecule has 7 heteroatoms. The Morgan fingerprint density at radius 3 is 2.97 bits per heavy atom. The van der Waals surface area contributed by atoms with Crippen LogP contribution in [-0.2, 0) is 16.1 Å². The molecule has 3 unspecified atom stereocenters. The van der Waals surface area contributed by atoms with E-state index in [0.29, 0.717) is 18.4 Å². The summed E-state index contributed by atoms with van der Waals surface area (Å²) in [5.41, 5.74) is 1.74. The van der Waals surface area contributed by atoms with Crippen molar-refractivity contribution in [1.29, 1.82) is 0 Å². The van der Waals surface area contributed by atoms with Crippen LogP contribution in [0, 0.1) is 12.8 Å². The number of methoxy groups -OCH3 is 1. The average molecular weight is 443 g/mol. The molecule has 1 amide bonds. The van der Waals surface area contributed by atoms with Crippen LogP contribution in [0.5, 0.6) is 5.75 Å². The highest BCUT2D eigenvalue weighted by Gasteiger charge is 2.30. The lowest BCUT2D eigenvalue weighted by molar-refractivity contribution is -0.119. The second kappa shape index (κ2) is 9.92. The molecular weight excluding hydrogens is 412 g/mol. The molecule has 2 aliphatic rings. The highest BCUT2D eigenvalue weighted by Crippen LogP contribution is 2.35. The van der Waals surface area contributed by atoms with Gasteiger partial charge in [-0.05, 0) is 56.7 Å². The Kier molecular flexibility index (Phi) is 7.02. The molecule has 166 valence electrons. The highest BCUT2D eigenvalue weighted by atomic mass is 32.2. The number of carbonyl (C=O) groups excluding carboxylic acids is 1. The molecule has 3 atom stereocenters. The molecule has 2 heterocycles. The summed E-state index contributed by atoms with van der Waals surface area (Å²) >= 11 is 1.56. The molecule has 1 aromatic carbocycles. The smallest absolute Gasteiger partial charge is 0.238 e. The summed E-state index contributed by atoms with van der Waals surface area (Å²) < 4.78 is 17.4. The lowest BCUT2D eigenvalue weighted by atomic mass is 9.84. The van der Waals surface area contributed by atoms with Crippen LogP contribution in [0.2, 0.25) is 0 Å². The van der Waals surface area contributed by atoms with Crippen molar-refractivity contribution in [2.75, 3.05) is 7.11 Å². The minimum Gasteiger partial charge on any atom is -0.497 e. The Labute approximate surface area is 187 Å². The maximum absolute atomic E-state index is 11.9. The first-order valence-electron chi connectivity index (χ1n) is 10.9. The van der Waals surface area contributed by atoms with Gasteiger partial charge in [0.1, 0.15) is 17.2 Å². The standard InChI is InChI=1S/C24H30N2O4S/c1-15-21(26-24(30-15)18-7-5-8-19(13-18)28-3)14-29-20-9-4-6-17(12-20)10-11-22-23(27)25-16(2)31-22/h5,7-8,13,17,20,22H,2,4,6,9-12,14H2,1,3H3,(H,25,27). The zero-order valence-corrected chi connectivity index (χ0v) is 19.0. The summed E-state index contributed by atoms with van der Waals surface area (Å²) in [4.78, 5) is 16.6. The van der Waals surface area contributed by atoms with Crippen LogP contribution < -0.4 is 10.1 Å². The van der Waals surface area contributed by atoms with Crippen LogP contribution in [0.1, 0.15) is 50.0 Å². The largest absolute Gasteiger partial charge is 0.497 e. The lowest BCUT2D eigenvalue weighted by Crippen LogP contribution is -2.25. The number of benzene rings is 1. The van der Waals surface area contributed by atoms with Gasteiger partial charge in [-0.3, -0.25) is 4.79 Å². The van der Waals surface area contributed by atoms with Gasteiger partial charge in [0.15, 0.2) is 0 Å². The van der Waals surface area contributed by atoms with Gasteiger partial charge in [-0.25, -0.2) is 4.98 Å². The number of hydrogen-bond acceptors (Lipinski definition) is 6. The van der Waals surface area contributed by atoms with E-state index in [9.17, 15) is 4.79 Å². The summed E-state index contributed by atoms with van der Waals surface area (Å²) in [6, 6.07) is 7.70. The molecule has 0 spiro atoms. The Bertz CT molecular complexity index is 941. The number of nitrogens with zero attached hydrogens (tertiary/aromatic N) is 1. The summed E-state index contributed by atoms with van der Waals surface area (Å²) in [5, 5.41) is 3.60. The first-order chi connectivity index (χ1) is 15.0. The van der Waals surface area contributed by atoms with Crippen molar-refractivity contribution in [1.82, 2.24) is 10.3 Å². The minimum absolute atomic E-state index is 0.0154. The molecule has 1 aromatic heterocycles. The molecule has 31 heavy (non-hydrogen) atoms. The third-order valence-corrected chi connectivity index (χ3v) is 7.20. The van der Waals surface area contributed by atoms with E-state index in [1.54, 1.807) is 18.9 Å². The van der Waals surface area contributed by atoms with Crippen LogP contribution in [0.4, 0.5) is 0 Å². The number of aryl methyl sites for hydroxylation is 1. The molecule has 2 fully saturated rings. The van der Waals surface area contributed by atoms with Gasteiger partial charge in [0.2, 0.25) is 11.8 Å². The van der Waals surface area contributed by atoms with Crippen molar-refractivity contribution in [3.05, 3.63) is 47.3 Å². The number of thioether (sulfide) groups is 1. The van der Waals surface area contributed by atoms with Crippen molar-refractivity contribution in [3.63, 3.8) is 0 Å². The number of hydrogen-bond donors (Lipinski definition) is 1. The van der Waals surface area contributed by atoms with E-state index in [1.165, 1.54) is 12.8 Å². The Hall–Kier alpha value is -2.25. The van der Waals surface area contributed by atoms with E-state index in [2.05, 4.69) is 16.9 Å². The number of aromatic nitrogens is 1. The summed E-state index contributed by atoms with van der Waals surface area (Å²) in [7, 11) is 1.65. The minimum atomic E-state index is 0.0154. The topological polar surface area (TPSA) is 73.6 Å². The van der Waals surface area contributed by atoms with Gasteiger partial charge in [0, 0.05) is 5.56 Å². The number of amides is 1. The third kappa shape index (κ3) is 5.52. The number of nitrogens with one attached hydrogen (secondary N) is 1. The van der Waals surface area contributed by atoms with Crippen molar-refractivity contribution in [2.45, 2.75) is 63.4 Å². The number of oxazole rings is 1. The molecule has 1 aliphatic carbocycles. The van der Waals surface area contributed by atoms with Gasteiger partial charge >= 0.3 is 0 Å². The van der Waals surface area contributed by atoms with Gasteiger partial charge < -0.3 is 19.2 Å². The molecule has 1 aliphatic heterocycles. The van der Waals surface area contributed by atoms with E-state index in [0.717, 1.165) is 53.5 Å². The molecule has 0 radical (unpaired) electrons. The SMILES string of the molecule is C=C1NC(=O)C(CCC2CCCC(OCc3nc(-c4cccc(OC)c4)oc3C)C2)S1. The Morgan fingerprint density at radius 1 is 1.32 bits per heavy atom. The molecule has 6 nitrogen and oxygen atoms in total. The molecule has 1 saturated heterocycles. The second-order valence-corrected chi connectivity index (χ2v) is 9.61. The predicted molar refractivity (Wildman–Crippen MR) is 122 cm³/mol. The molecule has 2 aromatic rings. The van der Waals surface area contributed by atoms with Crippen molar-refractivity contribution < 1.29 is 18.7 Å². The number of ether oxygens (including phenoxy) is 2. The van der Waals surface area contributed by atoms with Gasteiger partial charge in [-0.1, -0.05) is 37.2 Å². The van der Waals surface area contributed by atoms with E-state index in [1.807, 2.05) is 31.2 Å². The highest BCUT2D eigenvalue weighted by molar-refractivity contribution is 8.04. The summed E-state index contributed by atoms with van der Waals surface area (Å²) in [6.45, 7) is 6.23. The first kappa shape index (κ1) is 22.0. The van der Waals surface area contributed by atoms with Gasteiger partial charge in [0.25, 0.3) is 0 Å². The molecule has 0 bridgehead atoms. The van der Waals surface area contributed by atoms with Gasteiger partial charge in [-0.2, -0.15) is 0 Å². The number of rotatable bonds is 8. The van der Waals surface area contributed by atoms with Crippen LogP contribution in [0.25, 0.3) is 11.5 Å². The second-order valence-electron chi connectivity index (χ2n) is 8.32. The van der Waals surface area contributed by atoms with Crippen LogP contribution in [0.3, 0.4) is 0 Å². The fraction of sp³-hybridized carbons (Fsp3) is 0.500. The fourth-order valence-corrected chi connectivity index (χ4v) is 5.27. The van der Waals surface area contributed by atoms with Crippen LogP contribution in [0.15, 0.2) is 40.3 Å². The zero-order valence-electron chi connectivity index (χ0n) is 18.2. The van der Waals surface area contributed by atoms with E-state index in [-0.39, 0.29) is 17.3 Å². The van der Waals surface area contributed by atoms with Crippen molar-refractivity contribution in [2.24, 2.45) is 5.92 Å². The monoisotopic (exact) mass is 442 g/mol. The van der Waals surface area contributed by atoms with E-state index in [4.69, 9.17) is 13.9 Å². The third-order valence-electron chi connectivity index (χ3n) is 6.08. The molecular formula is C24H30N2O4S. The lowest BCUT2D eigenvalue weighted by Gasteiger charge is -2.29. The summed E-state index contributed by atoms with van der Waals surface area (Å²) in [5.74, 6) is 2.86. The fourth-order valence-electron chi connectivity index (χ4n) is 4.34. The normalized spacial score (nSPS) is 23.7. The van der Waals surface area contributed by atoms with E-state index < -0.39 is 0 Å². The van der Waals surface area contributed by atoms with Gasteiger partial charge in [0.05, 0.1) is 30.1 Å². The van der Waals surface area contributed by atoms with E-state index >= 15 is 0 Å². The van der Waals surface area contributed by atoms with Crippen molar-refractivity contribution >= 4 is 17.7 Å². The first-order valence-corrected chi connectivity index (χ1v) is 11.8.